The molecule has 0 heterocycles. The molecule has 0 aliphatic rings. The third-order valence-corrected chi connectivity index (χ3v) is 3.41. The van der Waals surface area contributed by atoms with Crippen LogP contribution in [0.25, 0.3) is 0 Å². The van der Waals surface area contributed by atoms with E-state index in [9.17, 15) is 19.8 Å². The third-order valence-electron chi connectivity index (χ3n) is 3.41. The molecule has 134 valence electrons. The highest BCUT2D eigenvalue weighted by atomic mass is 16.5. The Labute approximate surface area is 142 Å². The summed E-state index contributed by atoms with van der Waals surface area (Å²) in [6, 6.07) is 5.86. The van der Waals surface area contributed by atoms with Gasteiger partial charge in [-0.3, -0.25) is 0 Å². The van der Waals surface area contributed by atoms with Crippen LogP contribution in [0.15, 0.2) is 24.3 Å². The lowest BCUT2D eigenvalue weighted by atomic mass is 10.1. The quantitative estimate of drug-likeness (QED) is 0.636. The third kappa shape index (κ3) is 7.10. The molecule has 0 aliphatic heterocycles. The van der Waals surface area contributed by atoms with E-state index in [0.29, 0.717) is 24.0 Å². The Balaban J connectivity index is 2.49. The van der Waals surface area contributed by atoms with Gasteiger partial charge in [-0.2, -0.15) is 0 Å². The summed E-state index contributed by atoms with van der Waals surface area (Å²) in [7, 11) is 0. The first kappa shape index (κ1) is 20.1. The van der Waals surface area contributed by atoms with E-state index in [0.717, 1.165) is 12.8 Å². The van der Waals surface area contributed by atoms with Crippen molar-refractivity contribution in [3.05, 3.63) is 35.4 Å². The average molecular weight is 338 g/mol. The fourth-order valence-electron chi connectivity index (χ4n) is 2.09. The van der Waals surface area contributed by atoms with Gasteiger partial charge in [0.05, 0.1) is 23.3 Å². The summed E-state index contributed by atoms with van der Waals surface area (Å²) < 4.78 is 10.0. The van der Waals surface area contributed by atoms with Crippen molar-refractivity contribution in [2.24, 2.45) is 0 Å². The maximum Gasteiger partial charge on any atom is 0.338 e. The van der Waals surface area contributed by atoms with E-state index in [2.05, 4.69) is 0 Å². The Morgan fingerprint density at radius 1 is 0.833 bits per heavy atom. The lowest BCUT2D eigenvalue weighted by Gasteiger charge is -2.11. The highest BCUT2D eigenvalue weighted by Gasteiger charge is 2.14. The second-order valence-electron chi connectivity index (χ2n) is 5.66. The fraction of sp³-hybridized carbons (Fsp3) is 0.556. The summed E-state index contributed by atoms with van der Waals surface area (Å²) in [5, 5.41) is 19.1. The van der Waals surface area contributed by atoms with Gasteiger partial charge >= 0.3 is 11.9 Å². The largest absolute Gasteiger partial charge is 0.459 e. The molecule has 0 aliphatic carbocycles. The topological polar surface area (TPSA) is 93.1 Å². The molecule has 1 aromatic carbocycles. The predicted octanol–water partition coefficient (Wildman–Crippen LogP) is 2.32. The SMILES string of the molecule is CCCC(O)COC(=O)c1ccc(C(=O)OCC(O)CCC)cc1. The van der Waals surface area contributed by atoms with E-state index in [1.54, 1.807) is 0 Å². The first-order valence-corrected chi connectivity index (χ1v) is 8.28. The van der Waals surface area contributed by atoms with Crippen LogP contribution in [0, 0.1) is 0 Å². The van der Waals surface area contributed by atoms with Crippen LogP contribution in [0.1, 0.15) is 60.2 Å². The molecule has 6 heteroatoms. The van der Waals surface area contributed by atoms with Gasteiger partial charge < -0.3 is 19.7 Å². The van der Waals surface area contributed by atoms with E-state index < -0.39 is 24.1 Å². The van der Waals surface area contributed by atoms with Crippen LogP contribution in [0.3, 0.4) is 0 Å². The molecule has 0 fully saturated rings. The number of carbonyl (C=O) groups excluding carboxylic acids is 2. The van der Waals surface area contributed by atoms with Crippen molar-refractivity contribution in [3.8, 4) is 0 Å². The summed E-state index contributed by atoms with van der Waals surface area (Å²) in [6.45, 7) is 3.77. The molecular weight excluding hydrogens is 312 g/mol. The maximum atomic E-state index is 11.8. The molecule has 0 amide bonds. The Kier molecular flexibility index (Phi) is 9.04. The summed E-state index contributed by atoms with van der Waals surface area (Å²) in [5.74, 6) is -1.10. The van der Waals surface area contributed by atoms with Crippen LogP contribution in [0.5, 0.6) is 0 Å². The molecular formula is C18H26O6. The minimum Gasteiger partial charge on any atom is -0.459 e. The average Bonchev–Trinajstić information content (AvgIpc) is 2.58. The van der Waals surface area contributed by atoms with Gasteiger partial charge in [-0.1, -0.05) is 26.7 Å². The molecule has 0 spiro atoms. The van der Waals surface area contributed by atoms with Gasteiger partial charge in [0, 0.05) is 0 Å². The molecule has 2 atom stereocenters. The van der Waals surface area contributed by atoms with Crippen LogP contribution < -0.4 is 0 Å². The summed E-state index contributed by atoms with van der Waals surface area (Å²) in [5.41, 5.74) is 0.586. The lowest BCUT2D eigenvalue weighted by molar-refractivity contribution is 0.0229. The first-order valence-electron chi connectivity index (χ1n) is 8.28. The van der Waals surface area contributed by atoms with Gasteiger partial charge in [-0.05, 0) is 37.1 Å². The predicted molar refractivity (Wildman–Crippen MR) is 88.8 cm³/mol. The Morgan fingerprint density at radius 3 is 1.46 bits per heavy atom. The number of hydrogen-bond acceptors (Lipinski definition) is 6. The number of benzene rings is 1. The van der Waals surface area contributed by atoms with Crippen LogP contribution in [0.2, 0.25) is 0 Å². The molecule has 1 aromatic rings. The molecule has 2 unspecified atom stereocenters. The smallest absolute Gasteiger partial charge is 0.338 e. The van der Waals surface area contributed by atoms with E-state index >= 15 is 0 Å². The maximum absolute atomic E-state index is 11.8. The number of aliphatic hydroxyl groups is 2. The first-order chi connectivity index (χ1) is 11.5. The molecule has 0 aromatic heterocycles. The van der Waals surface area contributed by atoms with Gasteiger partial charge in [0.15, 0.2) is 0 Å². The Bertz CT molecular complexity index is 464. The van der Waals surface area contributed by atoms with Crippen molar-refractivity contribution in [2.75, 3.05) is 13.2 Å². The second kappa shape index (κ2) is 10.8. The molecule has 0 saturated heterocycles. The van der Waals surface area contributed by atoms with Crippen molar-refractivity contribution in [1.82, 2.24) is 0 Å². The van der Waals surface area contributed by atoms with Crippen molar-refractivity contribution < 1.29 is 29.3 Å². The molecule has 24 heavy (non-hydrogen) atoms. The van der Waals surface area contributed by atoms with E-state index in [4.69, 9.17) is 9.47 Å². The van der Waals surface area contributed by atoms with Crippen LogP contribution in [-0.2, 0) is 9.47 Å². The zero-order valence-electron chi connectivity index (χ0n) is 14.2. The van der Waals surface area contributed by atoms with Crippen molar-refractivity contribution in [2.45, 2.75) is 51.7 Å². The second-order valence-corrected chi connectivity index (χ2v) is 5.66. The van der Waals surface area contributed by atoms with Crippen molar-refractivity contribution in [3.63, 3.8) is 0 Å². The molecule has 2 N–H and O–H groups in total. The van der Waals surface area contributed by atoms with Gasteiger partial charge in [0.25, 0.3) is 0 Å². The van der Waals surface area contributed by atoms with E-state index in [-0.39, 0.29) is 13.2 Å². The number of esters is 2. The van der Waals surface area contributed by atoms with E-state index in [1.807, 2.05) is 13.8 Å². The van der Waals surface area contributed by atoms with Gasteiger partial charge in [-0.25, -0.2) is 9.59 Å². The Hall–Kier alpha value is -1.92. The number of aliphatic hydroxyl groups excluding tert-OH is 2. The van der Waals surface area contributed by atoms with Crippen LogP contribution >= 0.6 is 0 Å². The van der Waals surface area contributed by atoms with E-state index in [1.165, 1.54) is 24.3 Å². The summed E-state index contributed by atoms with van der Waals surface area (Å²) in [4.78, 5) is 23.7. The van der Waals surface area contributed by atoms with Crippen LogP contribution in [0.4, 0.5) is 0 Å². The number of hydrogen-bond donors (Lipinski definition) is 2. The minimum absolute atomic E-state index is 0.0498. The van der Waals surface area contributed by atoms with Gasteiger partial charge in [-0.15, -0.1) is 0 Å². The molecule has 0 saturated carbocycles. The Morgan fingerprint density at radius 2 is 1.17 bits per heavy atom. The zero-order chi connectivity index (χ0) is 17.9. The summed E-state index contributed by atoms with van der Waals surface area (Å²) in [6.07, 6.45) is 1.43. The number of ether oxygens (including phenoxy) is 2. The monoisotopic (exact) mass is 338 g/mol. The fourth-order valence-corrected chi connectivity index (χ4v) is 2.09. The molecule has 0 radical (unpaired) electrons. The van der Waals surface area contributed by atoms with Crippen molar-refractivity contribution >= 4 is 11.9 Å². The van der Waals surface area contributed by atoms with Crippen molar-refractivity contribution in [1.29, 1.82) is 0 Å². The standard InChI is InChI=1S/C18H26O6/c1-3-5-15(19)11-23-17(21)13-7-9-14(10-8-13)18(22)24-12-16(20)6-4-2/h7-10,15-16,19-20H,3-6,11-12H2,1-2H3. The normalized spacial score (nSPS) is 13.2. The number of rotatable bonds is 10. The van der Waals surface area contributed by atoms with Crippen LogP contribution in [-0.4, -0.2) is 47.6 Å². The van der Waals surface area contributed by atoms with Gasteiger partial charge in [0.1, 0.15) is 13.2 Å². The molecule has 0 bridgehead atoms. The highest BCUT2D eigenvalue weighted by molar-refractivity contribution is 5.93. The lowest BCUT2D eigenvalue weighted by Crippen LogP contribution is -2.19. The van der Waals surface area contributed by atoms with Gasteiger partial charge in [0.2, 0.25) is 0 Å². The minimum atomic E-state index is -0.664. The molecule has 6 nitrogen and oxygen atoms in total. The molecule has 1 rings (SSSR count). The zero-order valence-corrected chi connectivity index (χ0v) is 14.2. The summed E-state index contributed by atoms with van der Waals surface area (Å²) >= 11 is 0. The number of carbonyl (C=O) groups is 2. The highest BCUT2D eigenvalue weighted by Crippen LogP contribution is 2.09.